The fourth-order valence-electron chi connectivity index (χ4n) is 3.67. The van der Waals surface area contributed by atoms with E-state index in [2.05, 4.69) is 21.2 Å². The van der Waals surface area contributed by atoms with E-state index >= 15 is 0 Å². The van der Waals surface area contributed by atoms with Crippen molar-refractivity contribution in [2.75, 3.05) is 31.1 Å². The molecule has 0 aliphatic carbocycles. The summed E-state index contributed by atoms with van der Waals surface area (Å²) in [6, 6.07) is 15.2. The standard InChI is InChI=1S/C20H17ClN6O/c21-15-5-3-4-14(12-15)20(28)26-10-8-25(9-11-26)19-17-7-2-1-6-16(17)18-23-22-13-27(18)24-19/h1-7,12-13H,8-11H2. The molecular weight excluding hydrogens is 376 g/mol. The minimum absolute atomic E-state index is 0.00855. The number of piperazine rings is 1. The van der Waals surface area contributed by atoms with Gasteiger partial charge >= 0.3 is 0 Å². The molecule has 0 bridgehead atoms. The highest BCUT2D eigenvalue weighted by molar-refractivity contribution is 6.30. The van der Waals surface area contributed by atoms with Gasteiger partial charge in [-0.2, -0.15) is 4.52 Å². The van der Waals surface area contributed by atoms with Crippen molar-refractivity contribution >= 4 is 39.7 Å². The number of hydrogen-bond donors (Lipinski definition) is 0. The minimum Gasteiger partial charge on any atom is -0.351 e. The van der Waals surface area contributed by atoms with Crippen LogP contribution in [0.5, 0.6) is 0 Å². The van der Waals surface area contributed by atoms with E-state index < -0.39 is 0 Å². The second-order valence-electron chi connectivity index (χ2n) is 6.76. The van der Waals surface area contributed by atoms with Crippen LogP contribution in [-0.4, -0.2) is 56.8 Å². The van der Waals surface area contributed by atoms with E-state index in [4.69, 9.17) is 16.7 Å². The number of anilines is 1. The predicted molar refractivity (Wildman–Crippen MR) is 108 cm³/mol. The lowest BCUT2D eigenvalue weighted by Crippen LogP contribution is -2.49. The van der Waals surface area contributed by atoms with Crippen LogP contribution in [-0.2, 0) is 0 Å². The third-order valence-electron chi connectivity index (χ3n) is 5.08. The van der Waals surface area contributed by atoms with Crippen molar-refractivity contribution < 1.29 is 4.79 Å². The number of carbonyl (C=O) groups is 1. The van der Waals surface area contributed by atoms with Gasteiger partial charge in [-0.1, -0.05) is 41.9 Å². The number of amides is 1. The van der Waals surface area contributed by atoms with Crippen LogP contribution in [0.4, 0.5) is 5.82 Å². The summed E-state index contributed by atoms with van der Waals surface area (Å²) in [6.07, 6.45) is 1.62. The molecule has 0 unspecified atom stereocenters. The van der Waals surface area contributed by atoms with E-state index in [-0.39, 0.29) is 5.91 Å². The first kappa shape index (κ1) is 16.9. The first-order valence-electron chi connectivity index (χ1n) is 9.09. The van der Waals surface area contributed by atoms with Crippen LogP contribution in [0.2, 0.25) is 5.02 Å². The summed E-state index contributed by atoms with van der Waals surface area (Å²) in [5.41, 5.74) is 1.37. The van der Waals surface area contributed by atoms with E-state index in [9.17, 15) is 4.79 Å². The van der Waals surface area contributed by atoms with Crippen LogP contribution < -0.4 is 4.90 Å². The van der Waals surface area contributed by atoms with Crippen molar-refractivity contribution in [2.24, 2.45) is 0 Å². The van der Waals surface area contributed by atoms with Crippen LogP contribution in [0.15, 0.2) is 54.9 Å². The summed E-state index contributed by atoms with van der Waals surface area (Å²) in [7, 11) is 0. The number of aromatic nitrogens is 4. The first-order chi connectivity index (χ1) is 13.7. The van der Waals surface area contributed by atoms with Gasteiger partial charge in [0, 0.05) is 47.5 Å². The van der Waals surface area contributed by atoms with E-state index in [0.29, 0.717) is 36.8 Å². The average molecular weight is 393 g/mol. The zero-order valence-corrected chi connectivity index (χ0v) is 15.8. The summed E-state index contributed by atoms with van der Waals surface area (Å²) in [6.45, 7) is 2.66. The highest BCUT2D eigenvalue weighted by Gasteiger charge is 2.25. The number of hydrogen-bond acceptors (Lipinski definition) is 5. The van der Waals surface area contributed by atoms with Crippen molar-refractivity contribution in [3.05, 3.63) is 65.4 Å². The number of halogens is 1. The number of fused-ring (bicyclic) bond motifs is 3. The fourth-order valence-corrected chi connectivity index (χ4v) is 3.86. The Balaban J connectivity index is 1.42. The summed E-state index contributed by atoms with van der Waals surface area (Å²) in [4.78, 5) is 16.8. The summed E-state index contributed by atoms with van der Waals surface area (Å²) >= 11 is 6.03. The molecule has 1 amide bonds. The zero-order chi connectivity index (χ0) is 19.1. The molecule has 2 aromatic carbocycles. The molecule has 8 heteroatoms. The zero-order valence-electron chi connectivity index (χ0n) is 15.0. The Bertz CT molecular complexity index is 1180. The molecule has 140 valence electrons. The van der Waals surface area contributed by atoms with Crippen molar-refractivity contribution in [2.45, 2.75) is 0 Å². The van der Waals surface area contributed by atoms with Crippen LogP contribution in [0, 0.1) is 0 Å². The van der Waals surface area contributed by atoms with Gasteiger partial charge in [0.15, 0.2) is 11.5 Å². The van der Waals surface area contributed by atoms with E-state index in [1.807, 2.05) is 23.1 Å². The SMILES string of the molecule is O=C(c1cccc(Cl)c1)N1CCN(c2nn3cnnc3c3ccccc23)CC1. The van der Waals surface area contributed by atoms with Gasteiger partial charge in [-0.05, 0) is 18.2 Å². The molecule has 1 aliphatic rings. The van der Waals surface area contributed by atoms with Gasteiger partial charge in [-0.25, -0.2) is 0 Å². The molecule has 2 aromatic heterocycles. The Kier molecular flexibility index (Phi) is 4.09. The molecule has 1 aliphatic heterocycles. The molecule has 1 fully saturated rings. The lowest BCUT2D eigenvalue weighted by molar-refractivity contribution is 0.0746. The molecule has 0 saturated carbocycles. The fraction of sp³-hybridized carbons (Fsp3) is 0.200. The summed E-state index contributed by atoms with van der Waals surface area (Å²) < 4.78 is 1.71. The second kappa shape index (κ2) is 6.76. The number of rotatable bonds is 2. The Morgan fingerprint density at radius 2 is 1.75 bits per heavy atom. The smallest absolute Gasteiger partial charge is 0.254 e. The van der Waals surface area contributed by atoms with Crippen molar-refractivity contribution in [3.63, 3.8) is 0 Å². The maximum Gasteiger partial charge on any atom is 0.254 e. The normalized spacial score (nSPS) is 14.8. The molecule has 0 N–H and O–H groups in total. The number of nitrogens with zero attached hydrogens (tertiary/aromatic N) is 6. The minimum atomic E-state index is 0.00855. The summed E-state index contributed by atoms with van der Waals surface area (Å²) in [5.74, 6) is 0.895. The van der Waals surface area contributed by atoms with Crippen LogP contribution in [0.25, 0.3) is 16.4 Å². The van der Waals surface area contributed by atoms with Crippen LogP contribution >= 0.6 is 11.6 Å². The molecule has 3 heterocycles. The molecule has 0 atom stereocenters. The Hall–Kier alpha value is -3.19. The summed E-state index contributed by atoms with van der Waals surface area (Å²) in [5, 5.41) is 15.5. The number of benzene rings is 2. The topological polar surface area (TPSA) is 66.6 Å². The molecule has 1 saturated heterocycles. The quantitative estimate of drug-likeness (QED) is 0.524. The monoisotopic (exact) mass is 392 g/mol. The van der Waals surface area contributed by atoms with E-state index in [0.717, 1.165) is 22.2 Å². The number of carbonyl (C=O) groups excluding carboxylic acids is 1. The Morgan fingerprint density at radius 1 is 0.964 bits per heavy atom. The van der Waals surface area contributed by atoms with E-state index in [1.165, 1.54) is 0 Å². The van der Waals surface area contributed by atoms with Gasteiger partial charge in [0.05, 0.1) is 0 Å². The molecule has 5 rings (SSSR count). The average Bonchev–Trinajstić information content (AvgIpc) is 3.22. The van der Waals surface area contributed by atoms with Crippen molar-refractivity contribution in [1.82, 2.24) is 24.7 Å². The maximum absolute atomic E-state index is 12.8. The molecule has 0 radical (unpaired) electrons. The molecule has 28 heavy (non-hydrogen) atoms. The van der Waals surface area contributed by atoms with Gasteiger partial charge in [0.2, 0.25) is 0 Å². The van der Waals surface area contributed by atoms with Crippen LogP contribution in [0.3, 0.4) is 0 Å². The molecular formula is C20H17ClN6O. The highest BCUT2D eigenvalue weighted by atomic mass is 35.5. The highest BCUT2D eigenvalue weighted by Crippen LogP contribution is 2.27. The van der Waals surface area contributed by atoms with Gasteiger partial charge in [-0.3, -0.25) is 4.79 Å². The van der Waals surface area contributed by atoms with Gasteiger partial charge < -0.3 is 9.80 Å². The third kappa shape index (κ3) is 2.84. The largest absolute Gasteiger partial charge is 0.351 e. The third-order valence-corrected chi connectivity index (χ3v) is 5.31. The van der Waals surface area contributed by atoms with Crippen LogP contribution in [0.1, 0.15) is 10.4 Å². The molecule has 4 aromatic rings. The van der Waals surface area contributed by atoms with Gasteiger partial charge in [0.25, 0.3) is 5.91 Å². The van der Waals surface area contributed by atoms with Gasteiger partial charge in [-0.15, -0.1) is 15.3 Å². The Morgan fingerprint density at radius 3 is 2.54 bits per heavy atom. The second-order valence-corrected chi connectivity index (χ2v) is 7.19. The predicted octanol–water partition coefficient (Wildman–Crippen LogP) is 2.89. The maximum atomic E-state index is 12.8. The lowest BCUT2D eigenvalue weighted by atomic mass is 10.1. The lowest BCUT2D eigenvalue weighted by Gasteiger charge is -2.35. The van der Waals surface area contributed by atoms with Crippen molar-refractivity contribution in [1.29, 1.82) is 0 Å². The molecule has 0 spiro atoms. The molecule has 7 nitrogen and oxygen atoms in total. The first-order valence-corrected chi connectivity index (χ1v) is 9.47. The van der Waals surface area contributed by atoms with Crippen molar-refractivity contribution in [3.8, 4) is 0 Å². The Labute approximate surface area is 166 Å². The van der Waals surface area contributed by atoms with Gasteiger partial charge in [0.1, 0.15) is 6.33 Å². The van der Waals surface area contributed by atoms with E-state index in [1.54, 1.807) is 35.1 Å².